The van der Waals surface area contributed by atoms with Crippen LogP contribution in [0.1, 0.15) is 77.3 Å². The van der Waals surface area contributed by atoms with Crippen molar-refractivity contribution in [3.05, 3.63) is 71.9 Å². The largest absolute Gasteiger partial charge is 0.482 e. The number of rotatable bonds is 9. The molecule has 4 aromatic rings. The third-order valence-electron chi connectivity index (χ3n) is 11.1. The Morgan fingerprint density at radius 1 is 1.04 bits per heavy atom. The monoisotopic (exact) mass is 763 g/mol. The second-order valence-corrected chi connectivity index (χ2v) is 16.7. The van der Waals surface area contributed by atoms with Crippen LogP contribution in [-0.2, 0) is 29.4 Å². The molecule has 2 atom stereocenters. The molecule has 1 saturated carbocycles. The molecule has 2 fully saturated rings. The number of likely N-dealkylation sites (tertiary alicyclic amines) is 1. The molecule has 3 aromatic carbocycles. The van der Waals surface area contributed by atoms with E-state index in [1.807, 2.05) is 82.0 Å². The van der Waals surface area contributed by atoms with Gasteiger partial charge in [-0.2, -0.15) is 9.78 Å². The molecule has 13 nitrogen and oxygen atoms in total. The first-order valence-electron chi connectivity index (χ1n) is 19.5. The van der Waals surface area contributed by atoms with Crippen LogP contribution in [0.4, 0.5) is 21.0 Å². The van der Waals surface area contributed by atoms with Crippen molar-refractivity contribution in [2.24, 2.45) is 5.92 Å². The minimum atomic E-state index is -0.913. The van der Waals surface area contributed by atoms with Crippen molar-refractivity contribution in [1.29, 1.82) is 0 Å². The minimum absolute atomic E-state index is 0.0128. The zero-order valence-corrected chi connectivity index (χ0v) is 32.9. The summed E-state index contributed by atoms with van der Waals surface area (Å²) in [7, 11) is 1.63. The lowest BCUT2D eigenvalue weighted by Crippen LogP contribution is -2.51. The topological polar surface area (TPSA) is 133 Å². The molecule has 1 aromatic heterocycles. The van der Waals surface area contributed by atoms with E-state index in [1.165, 1.54) is 4.68 Å². The lowest BCUT2D eigenvalue weighted by atomic mass is 9.78. The molecule has 294 valence electrons. The second-order valence-electron chi connectivity index (χ2n) is 16.7. The molecule has 1 aliphatic carbocycles. The Morgan fingerprint density at radius 3 is 2.59 bits per heavy atom. The van der Waals surface area contributed by atoms with Gasteiger partial charge < -0.3 is 33.6 Å². The fraction of sp³-hybridized carbons (Fsp3) is 0.465. The van der Waals surface area contributed by atoms with Gasteiger partial charge in [0.2, 0.25) is 5.91 Å². The number of piperidine rings is 1. The molecule has 0 unspecified atom stereocenters. The lowest BCUT2D eigenvalue weighted by Gasteiger charge is -2.41. The summed E-state index contributed by atoms with van der Waals surface area (Å²) >= 11 is 0. The molecule has 56 heavy (non-hydrogen) atoms. The van der Waals surface area contributed by atoms with Crippen LogP contribution in [-0.4, -0.2) is 90.3 Å². The molecule has 13 heteroatoms. The summed E-state index contributed by atoms with van der Waals surface area (Å²) < 4.78 is 24.1. The van der Waals surface area contributed by atoms with E-state index in [0.29, 0.717) is 49.7 Å². The summed E-state index contributed by atoms with van der Waals surface area (Å²) in [4.78, 5) is 59.9. The SMILES string of the molecule is COCCCN1C(=O)COc2ccc(N(C(=O)[C@H]3CN(C(=O)OC(C)(C)C)CC[C@@H]3c3cccc(-c4ccc5cnn6c5c4C(C)(C)OC6=O)c3)C3CC3)cc21. The Balaban J connectivity index is 1.17. The van der Waals surface area contributed by atoms with Gasteiger partial charge in [-0.25, -0.2) is 9.59 Å². The van der Waals surface area contributed by atoms with E-state index in [9.17, 15) is 14.4 Å². The summed E-state index contributed by atoms with van der Waals surface area (Å²) in [6.07, 6.45) is 3.60. The van der Waals surface area contributed by atoms with Crippen molar-refractivity contribution in [3.63, 3.8) is 0 Å². The molecule has 4 aliphatic rings. The molecule has 0 radical (unpaired) electrons. The number of aromatic nitrogens is 2. The summed E-state index contributed by atoms with van der Waals surface area (Å²) in [6.45, 7) is 10.8. The van der Waals surface area contributed by atoms with E-state index in [0.717, 1.165) is 46.0 Å². The van der Waals surface area contributed by atoms with Gasteiger partial charge in [-0.15, -0.1) is 0 Å². The van der Waals surface area contributed by atoms with Crippen molar-refractivity contribution < 1.29 is 38.1 Å². The molecular weight excluding hydrogens is 714 g/mol. The number of amides is 3. The fourth-order valence-electron chi connectivity index (χ4n) is 8.43. The predicted molar refractivity (Wildman–Crippen MR) is 210 cm³/mol. The van der Waals surface area contributed by atoms with Gasteiger partial charge in [0.25, 0.3) is 5.91 Å². The van der Waals surface area contributed by atoms with E-state index in [4.69, 9.17) is 18.9 Å². The first-order valence-corrected chi connectivity index (χ1v) is 19.5. The third kappa shape index (κ3) is 6.97. The van der Waals surface area contributed by atoms with Crippen molar-refractivity contribution in [2.45, 2.75) is 83.5 Å². The molecule has 0 bridgehead atoms. The molecule has 3 amide bonds. The number of fused-ring (bicyclic) bond motifs is 1. The summed E-state index contributed by atoms with van der Waals surface area (Å²) in [5.41, 5.74) is 4.11. The molecule has 3 aliphatic heterocycles. The summed E-state index contributed by atoms with van der Waals surface area (Å²) in [5, 5.41) is 5.15. The average molecular weight is 764 g/mol. The highest BCUT2D eigenvalue weighted by molar-refractivity contribution is 6.02. The first-order chi connectivity index (χ1) is 26.7. The molecule has 4 heterocycles. The van der Waals surface area contributed by atoms with Crippen molar-refractivity contribution in [2.75, 3.05) is 49.8 Å². The predicted octanol–water partition coefficient (Wildman–Crippen LogP) is 7.23. The zero-order chi connectivity index (χ0) is 39.5. The number of hydrogen-bond donors (Lipinski definition) is 0. The number of carbonyl (C=O) groups is 4. The van der Waals surface area contributed by atoms with Gasteiger partial charge in [0.1, 0.15) is 17.0 Å². The van der Waals surface area contributed by atoms with E-state index < -0.39 is 29.3 Å². The Bertz CT molecular complexity index is 2220. The van der Waals surface area contributed by atoms with Crippen LogP contribution >= 0.6 is 0 Å². The number of cyclic esters (lactones) is 1. The van der Waals surface area contributed by atoms with Crippen LogP contribution < -0.4 is 14.5 Å². The fourth-order valence-corrected chi connectivity index (χ4v) is 8.43. The van der Waals surface area contributed by atoms with Gasteiger partial charge in [-0.3, -0.25) is 9.59 Å². The minimum Gasteiger partial charge on any atom is -0.482 e. The normalized spacial score (nSPS) is 20.3. The highest BCUT2D eigenvalue weighted by atomic mass is 16.6. The van der Waals surface area contributed by atoms with Crippen molar-refractivity contribution in [1.82, 2.24) is 14.7 Å². The Hall–Kier alpha value is -5.43. The van der Waals surface area contributed by atoms with Gasteiger partial charge in [-0.1, -0.05) is 36.4 Å². The van der Waals surface area contributed by atoms with E-state index in [1.54, 1.807) is 23.1 Å². The van der Waals surface area contributed by atoms with Crippen molar-refractivity contribution >= 4 is 46.3 Å². The lowest BCUT2D eigenvalue weighted by molar-refractivity contribution is -0.124. The van der Waals surface area contributed by atoms with Crippen LogP contribution in [0.2, 0.25) is 0 Å². The highest BCUT2D eigenvalue weighted by Crippen LogP contribution is 2.45. The van der Waals surface area contributed by atoms with Gasteiger partial charge in [0.05, 0.1) is 23.3 Å². The van der Waals surface area contributed by atoms with Crippen LogP contribution in [0.15, 0.2) is 60.8 Å². The maximum atomic E-state index is 15.2. The standard InChI is InChI=1S/C43H49N5O8/c1-42(2,3)55-40(51)45-19-17-31(26-9-7-10-27(21-26)32-15-11-28-23-44-48-38(28)37(32)43(4,5)56-41(48)52)33(24-45)39(50)47(29-12-13-29)30-14-16-35-34(22-30)46(18-8-20-53-6)36(49)25-54-35/h7,9-11,14-16,21-23,29,31,33H,8,12-13,17-20,24-25H2,1-6H3/t31-,33+/m1/s1. The van der Waals surface area contributed by atoms with E-state index in [2.05, 4.69) is 17.2 Å². The molecule has 0 N–H and O–H groups in total. The second kappa shape index (κ2) is 14.3. The molecule has 0 spiro atoms. The van der Waals surface area contributed by atoms with E-state index >= 15 is 4.79 Å². The first kappa shape index (κ1) is 37.5. The van der Waals surface area contributed by atoms with Gasteiger partial charge in [0, 0.05) is 56.0 Å². The highest BCUT2D eigenvalue weighted by Gasteiger charge is 2.45. The molecular formula is C43H49N5O8. The summed E-state index contributed by atoms with van der Waals surface area (Å²) in [5.74, 6) is -0.464. The Kier molecular flexibility index (Phi) is 9.54. The Morgan fingerprint density at radius 2 is 1.84 bits per heavy atom. The number of nitrogens with zero attached hydrogens (tertiary/aromatic N) is 5. The molecule has 1 saturated heterocycles. The number of anilines is 2. The smallest absolute Gasteiger partial charge is 0.436 e. The van der Waals surface area contributed by atoms with Crippen LogP contribution in [0.3, 0.4) is 0 Å². The number of benzene rings is 3. The number of hydrogen-bond acceptors (Lipinski definition) is 9. The van der Waals surface area contributed by atoms with Gasteiger partial charge >= 0.3 is 12.2 Å². The maximum Gasteiger partial charge on any atom is 0.436 e. The van der Waals surface area contributed by atoms with Crippen LogP contribution in [0.5, 0.6) is 5.75 Å². The molecule has 8 rings (SSSR count). The van der Waals surface area contributed by atoms with E-state index in [-0.39, 0.29) is 36.9 Å². The van der Waals surface area contributed by atoms with Crippen LogP contribution in [0.25, 0.3) is 22.0 Å². The quantitative estimate of drug-likeness (QED) is 0.162. The van der Waals surface area contributed by atoms with Gasteiger partial charge in [0.15, 0.2) is 6.61 Å². The van der Waals surface area contributed by atoms with Crippen molar-refractivity contribution in [3.8, 4) is 16.9 Å². The Labute approximate surface area is 326 Å². The van der Waals surface area contributed by atoms with Gasteiger partial charge in [-0.05, 0) is 101 Å². The maximum absolute atomic E-state index is 15.2. The zero-order valence-electron chi connectivity index (χ0n) is 32.9. The van der Waals surface area contributed by atoms with Crippen LogP contribution in [0, 0.1) is 5.92 Å². The number of carbonyl (C=O) groups excluding carboxylic acids is 4. The third-order valence-corrected chi connectivity index (χ3v) is 11.1. The summed E-state index contributed by atoms with van der Waals surface area (Å²) in [6, 6.07) is 17.8. The number of methoxy groups -OCH3 is 1. The number of ether oxygens (including phenoxy) is 4. The average Bonchev–Trinajstić information content (AvgIpc) is 3.90.